The second-order valence-electron chi connectivity index (χ2n) is 5.50. The number of nitrogens with one attached hydrogen (secondary N) is 1. The van der Waals surface area contributed by atoms with Gasteiger partial charge >= 0.3 is 11.7 Å². The van der Waals surface area contributed by atoms with Crippen LogP contribution in [0.15, 0.2) is 0 Å². The molecule has 1 aliphatic carbocycles. The Kier molecular flexibility index (Phi) is 4.15. The van der Waals surface area contributed by atoms with Crippen molar-refractivity contribution < 1.29 is 14.5 Å². The van der Waals surface area contributed by atoms with Crippen molar-refractivity contribution in [2.45, 2.75) is 32.6 Å². The van der Waals surface area contributed by atoms with E-state index in [2.05, 4.69) is 10.4 Å². The number of carbonyl (C=O) groups excluding carboxylic acids is 1. The number of hydrogen-bond donors (Lipinski definition) is 1. The van der Waals surface area contributed by atoms with Crippen molar-refractivity contribution in [3.05, 3.63) is 15.8 Å². The third-order valence-electron chi connectivity index (χ3n) is 4.15. The third-order valence-corrected chi connectivity index (χ3v) is 4.15. The normalized spacial score (nSPS) is 16.7. The Morgan fingerprint density at radius 2 is 2.14 bits per heavy atom. The molecular weight excluding hydrogens is 276 g/mol. The van der Waals surface area contributed by atoms with Crippen LogP contribution in [0.25, 0.3) is 0 Å². The van der Waals surface area contributed by atoms with Gasteiger partial charge in [-0.3, -0.25) is 14.9 Å². The molecule has 0 unspecified atom stereocenters. The number of nitro groups is 1. The average molecular weight is 296 g/mol. The standard InChI is InChI=1S/C13H20N4O4/c1-9-10(17(19)20)11(16(2)15-9)14-8-13(12(18)21-3)6-4-5-7-13/h14H,4-8H2,1-3H3. The van der Waals surface area contributed by atoms with Crippen LogP contribution in [0.1, 0.15) is 31.4 Å². The van der Waals surface area contributed by atoms with Crippen molar-refractivity contribution in [1.82, 2.24) is 9.78 Å². The molecule has 0 saturated heterocycles. The molecular formula is C13H20N4O4. The van der Waals surface area contributed by atoms with E-state index in [9.17, 15) is 14.9 Å². The predicted molar refractivity (Wildman–Crippen MR) is 76.0 cm³/mol. The zero-order chi connectivity index (χ0) is 15.6. The van der Waals surface area contributed by atoms with Gasteiger partial charge in [0.15, 0.2) is 0 Å². The molecule has 8 nitrogen and oxygen atoms in total. The quantitative estimate of drug-likeness (QED) is 0.505. The molecule has 8 heteroatoms. The lowest BCUT2D eigenvalue weighted by Gasteiger charge is -2.26. The molecule has 0 amide bonds. The molecule has 1 aliphatic rings. The van der Waals surface area contributed by atoms with Crippen molar-refractivity contribution in [1.29, 1.82) is 0 Å². The lowest BCUT2D eigenvalue weighted by molar-refractivity contribution is -0.384. The molecule has 1 N–H and O–H groups in total. The zero-order valence-corrected chi connectivity index (χ0v) is 12.5. The van der Waals surface area contributed by atoms with E-state index in [4.69, 9.17) is 4.74 Å². The smallest absolute Gasteiger partial charge is 0.333 e. The molecule has 1 fully saturated rings. The summed E-state index contributed by atoms with van der Waals surface area (Å²) in [4.78, 5) is 22.7. The van der Waals surface area contributed by atoms with E-state index in [0.717, 1.165) is 25.7 Å². The summed E-state index contributed by atoms with van der Waals surface area (Å²) >= 11 is 0. The predicted octanol–water partition coefficient (Wildman–Crippen LogP) is 1.78. The Morgan fingerprint density at radius 1 is 1.52 bits per heavy atom. The summed E-state index contributed by atoms with van der Waals surface area (Å²) in [6.07, 6.45) is 3.39. The number of ether oxygens (including phenoxy) is 1. The average Bonchev–Trinajstić information content (AvgIpc) is 3.01. The lowest BCUT2D eigenvalue weighted by Crippen LogP contribution is -2.36. The number of anilines is 1. The minimum absolute atomic E-state index is 0.0458. The van der Waals surface area contributed by atoms with Gasteiger partial charge in [-0.05, 0) is 19.8 Å². The van der Waals surface area contributed by atoms with Crippen LogP contribution in [-0.4, -0.2) is 34.3 Å². The van der Waals surface area contributed by atoms with Crippen molar-refractivity contribution in [2.75, 3.05) is 19.0 Å². The van der Waals surface area contributed by atoms with Crippen molar-refractivity contribution in [2.24, 2.45) is 12.5 Å². The minimum atomic E-state index is -0.596. The SMILES string of the molecule is COC(=O)C1(CNc2c([N+](=O)[O-])c(C)nn2C)CCCC1. The second-order valence-corrected chi connectivity index (χ2v) is 5.50. The molecule has 0 radical (unpaired) electrons. The van der Waals surface area contributed by atoms with Crippen LogP contribution in [0.3, 0.4) is 0 Å². The van der Waals surface area contributed by atoms with Crippen LogP contribution in [0.4, 0.5) is 11.5 Å². The van der Waals surface area contributed by atoms with Crippen molar-refractivity contribution in [3.63, 3.8) is 0 Å². The van der Waals surface area contributed by atoms with E-state index in [0.29, 0.717) is 18.1 Å². The van der Waals surface area contributed by atoms with Gasteiger partial charge in [0.1, 0.15) is 5.69 Å². The molecule has 0 bridgehead atoms. The first kappa shape index (κ1) is 15.3. The van der Waals surface area contributed by atoms with Gasteiger partial charge in [-0.25, -0.2) is 4.68 Å². The van der Waals surface area contributed by atoms with E-state index in [1.807, 2.05) is 0 Å². The molecule has 0 spiro atoms. The molecule has 1 aromatic rings. The highest BCUT2D eigenvalue weighted by Crippen LogP contribution is 2.40. The maximum atomic E-state index is 12.0. The first-order chi connectivity index (χ1) is 9.91. The largest absolute Gasteiger partial charge is 0.469 e. The summed E-state index contributed by atoms with van der Waals surface area (Å²) in [6, 6.07) is 0. The van der Waals surface area contributed by atoms with Gasteiger partial charge in [0.25, 0.3) is 0 Å². The van der Waals surface area contributed by atoms with E-state index >= 15 is 0 Å². The number of hydrogen-bond acceptors (Lipinski definition) is 6. The fraction of sp³-hybridized carbons (Fsp3) is 0.692. The van der Waals surface area contributed by atoms with E-state index in [-0.39, 0.29) is 11.7 Å². The summed E-state index contributed by atoms with van der Waals surface area (Å²) in [5.41, 5.74) is -0.292. The van der Waals surface area contributed by atoms with Crippen LogP contribution in [0.2, 0.25) is 0 Å². The van der Waals surface area contributed by atoms with E-state index in [1.54, 1.807) is 14.0 Å². The Balaban J connectivity index is 2.23. The highest BCUT2D eigenvalue weighted by atomic mass is 16.6. The summed E-state index contributed by atoms with van der Waals surface area (Å²) in [5, 5.41) is 18.2. The van der Waals surface area contributed by atoms with Gasteiger partial charge in [0.2, 0.25) is 5.82 Å². The Bertz CT molecular complexity index is 561. The van der Waals surface area contributed by atoms with Gasteiger partial charge in [0.05, 0.1) is 17.4 Å². The van der Waals surface area contributed by atoms with Crippen LogP contribution < -0.4 is 5.32 Å². The van der Waals surface area contributed by atoms with E-state index in [1.165, 1.54) is 11.8 Å². The van der Waals surface area contributed by atoms with Crippen LogP contribution >= 0.6 is 0 Å². The van der Waals surface area contributed by atoms with Crippen LogP contribution in [-0.2, 0) is 16.6 Å². The monoisotopic (exact) mass is 296 g/mol. The van der Waals surface area contributed by atoms with Gasteiger partial charge in [0, 0.05) is 13.6 Å². The Hall–Kier alpha value is -2.12. The van der Waals surface area contributed by atoms with Crippen molar-refractivity contribution >= 4 is 17.5 Å². The van der Waals surface area contributed by atoms with Gasteiger partial charge in [-0.1, -0.05) is 12.8 Å². The first-order valence-corrected chi connectivity index (χ1v) is 6.91. The fourth-order valence-electron chi connectivity index (χ4n) is 3.04. The minimum Gasteiger partial charge on any atom is -0.469 e. The van der Waals surface area contributed by atoms with Crippen molar-refractivity contribution in [3.8, 4) is 0 Å². The number of esters is 1. The number of aromatic nitrogens is 2. The van der Waals surface area contributed by atoms with Crippen LogP contribution in [0, 0.1) is 22.5 Å². The third kappa shape index (κ3) is 2.70. The van der Waals surface area contributed by atoms with Gasteiger partial charge in [-0.15, -0.1) is 0 Å². The molecule has 0 aromatic carbocycles. The lowest BCUT2D eigenvalue weighted by atomic mass is 9.86. The van der Waals surface area contributed by atoms with E-state index < -0.39 is 10.3 Å². The number of aryl methyl sites for hydroxylation is 2. The Morgan fingerprint density at radius 3 is 2.67 bits per heavy atom. The molecule has 0 aliphatic heterocycles. The van der Waals surface area contributed by atoms with Gasteiger partial charge in [-0.2, -0.15) is 5.10 Å². The second kappa shape index (κ2) is 5.71. The maximum Gasteiger partial charge on any atom is 0.333 e. The first-order valence-electron chi connectivity index (χ1n) is 6.91. The maximum absolute atomic E-state index is 12.0. The van der Waals surface area contributed by atoms with Gasteiger partial charge < -0.3 is 10.1 Å². The molecule has 1 aromatic heterocycles. The highest BCUT2D eigenvalue weighted by molar-refractivity contribution is 5.78. The molecule has 1 heterocycles. The Labute approximate surface area is 122 Å². The number of methoxy groups -OCH3 is 1. The molecule has 21 heavy (non-hydrogen) atoms. The highest BCUT2D eigenvalue weighted by Gasteiger charge is 2.42. The summed E-state index contributed by atoms with van der Waals surface area (Å²) in [7, 11) is 3.01. The fourth-order valence-corrected chi connectivity index (χ4v) is 3.04. The van der Waals surface area contributed by atoms with Crippen LogP contribution in [0.5, 0.6) is 0 Å². The zero-order valence-electron chi connectivity index (χ0n) is 12.5. The summed E-state index contributed by atoms with van der Waals surface area (Å²) in [5.74, 6) is 0.0710. The summed E-state index contributed by atoms with van der Waals surface area (Å²) in [6.45, 7) is 1.91. The summed E-state index contributed by atoms with van der Waals surface area (Å²) < 4.78 is 6.34. The molecule has 1 saturated carbocycles. The molecule has 116 valence electrons. The molecule has 2 rings (SSSR count). The number of carbonyl (C=O) groups is 1. The number of rotatable bonds is 5. The number of nitrogens with zero attached hydrogens (tertiary/aromatic N) is 3. The molecule has 0 atom stereocenters. The topological polar surface area (TPSA) is 99.3 Å².